The van der Waals surface area contributed by atoms with Gasteiger partial charge in [-0.1, -0.05) is 0 Å². The summed E-state index contributed by atoms with van der Waals surface area (Å²) < 4.78 is 0. The Morgan fingerprint density at radius 2 is 2.12 bits per heavy atom. The largest absolute Gasteiger partial charge is 0.329 e. The normalized spacial score (nSPS) is 17.6. The van der Waals surface area contributed by atoms with Crippen LogP contribution in [0.15, 0.2) is 0 Å². The highest BCUT2D eigenvalue weighted by molar-refractivity contribution is 5.75. The minimum atomic E-state index is 0. The topological polar surface area (TPSA) is 38.0 Å². The van der Waals surface area contributed by atoms with Gasteiger partial charge in [0.1, 0.15) is 0 Å². The van der Waals surface area contributed by atoms with Gasteiger partial charge in [0.2, 0.25) is 0 Å². The van der Waals surface area contributed by atoms with Gasteiger partial charge in [0.05, 0.1) is 0 Å². The summed E-state index contributed by atoms with van der Waals surface area (Å²) >= 11 is 0. The molecule has 0 aliphatic heterocycles. The first-order valence-corrected chi connectivity index (χ1v) is 2.87. The Labute approximate surface area is 54.9 Å². The van der Waals surface area contributed by atoms with Crippen LogP contribution in [0.3, 0.4) is 0 Å². The van der Waals surface area contributed by atoms with E-state index >= 15 is 0 Å². The second-order valence-corrected chi connectivity index (χ2v) is 2.02. The number of hydrogen-bond donors (Lipinski definition) is 2. The minimum absolute atomic E-state index is 0. The van der Waals surface area contributed by atoms with Crippen LogP contribution < -0.4 is 11.1 Å². The van der Waals surface area contributed by atoms with Gasteiger partial charge in [-0.3, -0.25) is 0 Å². The fourth-order valence-electron chi connectivity index (χ4n) is 0.575. The molecule has 0 amide bonds. The van der Waals surface area contributed by atoms with Crippen LogP contribution >= 0.6 is 0 Å². The summed E-state index contributed by atoms with van der Waals surface area (Å²) in [7, 11) is 0. The molecule has 3 N–H and O–H groups in total. The molecule has 0 aromatic heterocycles. The van der Waals surface area contributed by atoms with Crippen LogP contribution in [-0.2, 0) is 0 Å². The Hall–Kier alpha value is 0.137. The summed E-state index contributed by atoms with van der Waals surface area (Å²) in [5, 5.41) is 3.28. The highest BCUT2D eigenvalue weighted by Crippen LogP contribution is 2.17. The lowest BCUT2D eigenvalue weighted by atomic mass is 10.6. The number of nitrogens with one attached hydrogen (secondary N) is 1. The first kappa shape index (κ1) is 8.14. The minimum Gasteiger partial charge on any atom is -0.329 e. The zero-order valence-corrected chi connectivity index (χ0v) is 4.48. The van der Waals surface area contributed by atoms with E-state index in [4.69, 9.17) is 5.73 Å². The second-order valence-electron chi connectivity index (χ2n) is 2.02. The van der Waals surface area contributed by atoms with E-state index in [1.165, 1.54) is 12.8 Å². The van der Waals surface area contributed by atoms with Crippen LogP contribution in [0.4, 0.5) is 0 Å². The summed E-state index contributed by atoms with van der Waals surface area (Å²) in [6.07, 6.45) is 2.72. The van der Waals surface area contributed by atoms with Gasteiger partial charge in [0.25, 0.3) is 0 Å². The zero-order valence-electron chi connectivity index (χ0n) is 4.48. The SMILES string of the molecule is NCCNC1CC1.[SiH4]. The lowest BCUT2D eigenvalue weighted by molar-refractivity contribution is 0.690. The third-order valence-electron chi connectivity index (χ3n) is 1.15. The molecule has 0 atom stereocenters. The van der Waals surface area contributed by atoms with Crippen LogP contribution in [0.1, 0.15) is 12.8 Å². The molecule has 0 aromatic carbocycles. The molecule has 1 aliphatic carbocycles. The van der Waals surface area contributed by atoms with Gasteiger partial charge < -0.3 is 11.1 Å². The molecular weight excluding hydrogens is 116 g/mol. The number of rotatable bonds is 3. The van der Waals surface area contributed by atoms with Gasteiger partial charge in [0, 0.05) is 19.1 Å². The van der Waals surface area contributed by atoms with Crippen molar-refractivity contribution in [1.82, 2.24) is 5.32 Å². The molecule has 1 saturated carbocycles. The van der Waals surface area contributed by atoms with Crippen molar-refractivity contribution < 1.29 is 0 Å². The molecule has 0 aromatic rings. The molecule has 0 heterocycles. The van der Waals surface area contributed by atoms with E-state index in [1.54, 1.807) is 0 Å². The highest BCUT2D eigenvalue weighted by atomic mass is 28.1. The third-order valence-corrected chi connectivity index (χ3v) is 1.15. The van der Waals surface area contributed by atoms with Crippen LogP contribution in [0.5, 0.6) is 0 Å². The van der Waals surface area contributed by atoms with Crippen LogP contribution in [0.25, 0.3) is 0 Å². The van der Waals surface area contributed by atoms with E-state index < -0.39 is 0 Å². The highest BCUT2D eigenvalue weighted by Gasteiger charge is 2.18. The van der Waals surface area contributed by atoms with E-state index in [1.807, 2.05) is 0 Å². The average molecular weight is 132 g/mol. The van der Waals surface area contributed by atoms with Crippen molar-refractivity contribution >= 4 is 11.0 Å². The molecule has 3 heteroatoms. The third kappa shape index (κ3) is 3.18. The molecule has 2 nitrogen and oxygen atoms in total. The van der Waals surface area contributed by atoms with Crippen LogP contribution in [0.2, 0.25) is 0 Å². The molecule has 8 heavy (non-hydrogen) atoms. The summed E-state index contributed by atoms with van der Waals surface area (Å²) in [5.41, 5.74) is 5.24. The summed E-state index contributed by atoms with van der Waals surface area (Å²) in [6.45, 7) is 1.77. The average Bonchev–Trinajstić information content (AvgIpc) is 2.42. The first-order valence-electron chi connectivity index (χ1n) is 2.87. The molecule has 50 valence electrons. The van der Waals surface area contributed by atoms with Crippen molar-refractivity contribution in [1.29, 1.82) is 0 Å². The van der Waals surface area contributed by atoms with Crippen molar-refractivity contribution in [3.63, 3.8) is 0 Å². The van der Waals surface area contributed by atoms with Crippen LogP contribution in [-0.4, -0.2) is 30.1 Å². The quantitative estimate of drug-likeness (QED) is 0.447. The first-order chi connectivity index (χ1) is 3.43. The van der Waals surface area contributed by atoms with Crippen molar-refractivity contribution in [3.05, 3.63) is 0 Å². The van der Waals surface area contributed by atoms with Crippen molar-refractivity contribution in [2.24, 2.45) is 5.73 Å². The maximum atomic E-state index is 5.24. The summed E-state index contributed by atoms with van der Waals surface area (Å²) in [4.78, 5) is 0. The molecule has 0 saturated heterocycles. The van der Waals surface area contributed by atoms with Crippen molar-refractivity contribution in [3.8, 4) is 0 Å². The summed E-state index contributed by atoms with van der Waals surface area (Å²) in [6, 6.07) is 0.823. The van der Waals surface area contributed by atoms with E-state index in [0.717, 1.165) is 19.1 Å². The number of nitrogens with two attached hydrogens (primary N) is 1. The van der Waals surface area contributed by atoms with E-state index in [-0.39, 0.29) is 11.0 Å². The van der Waals surface area contributed by atoms with Gasteiger partial charge in [-0.15, -0.1) is 0 Å². The van der Waals surface area contributed by atoms with E-state index in [9.17, 15) is 0 Å². The Morgan fingerprint density at radius 3 is 2.50 bits per heavy atom. The Morgan fingerprint density at radius 1 is 1.50 bits per heavy atom. The van der Waals surface area contributed by atoms with Gasteiger partial charge >= 0.3 is 0 Å². The van der Waals surface area contributed by atoms with Gasteiger partial charge in [0.15, 0.2) is 0 Å². The van der Waals surface area contributed by atoms with E-state index in [2.05, 4.69) is 5.32 Å². The second kappa shape index (κ2) is 4.06. The van der Waals surface area contributed by atoms with Gasteiger partial charge in [-0.05, 0) is 23.8 Å². The molecule has 0 radical (unpaired) electrons. The Balaban J connectivity index is 0.000000490. The predicted octanol–water partition coefficient (Wildman–Crippen LogP) is -1.75. The molecule has 1 rings (SSSR count). The number of hydrogen-bond acceptors (Lipinski definition) is 2. The predicted molar refractivity (Wildman–Crippen MR) is 41.4 cm³/mol. The van der Waals surface area contributed by atoms with Crippen molar-refractivity contribution in [2.45, 2.75) is 18.9 Å². The fraction of sp³-hybridized carbons (Fsp3) is 1.00. The Bertz CT molecular complexity index is 54.4. The Kier molecular flexibility index (Phi) is 4.13. The maximum Gasteiger partial charge on any atom is 0.00770 e. The van der Waals surface area contributed by atoms with Gasteiger partial charge in [-0.25, -0.2) is 0 Å². The molecular formula is C5H16N2Si. The molecule has 0 spiro atoms. The molecule has 1 fully saturated rings. The standard InChI is InChI=1S/C5H12N2.H4Si/c6-3-4-7-5-1-2-5;/h5,7H,1-4,6H2;1H4. The lowest BCUT2D eigenvalue weighted by Gasteiger charge is -1.94. The van der Waals surface area contributed by atoms with Crippen LogP contribution in [0, 0.1) is 0 Å². The zero-order chi connectivity index (χ0) is 5.11. The van der Waals surface area contributed by atoms with Crippen molar-refractivity contribution in [2.75, 3.05) is 13.1 Å². The fourth-order valence-corrected chi connectivity index (χ4v) is 0.575. The monoisotopic (exact) mass is 132 g/mol. The summed E-state index contributed by atoms with van der Waals surface area (Å²) in [5.74, 6) is 0. The molecule has 0 unspecified atom stereocenters. The molecule has 0 bridgehead atoms. The smallest absolute Gasteiger partial charge is 0.00770 e. The molecule has 1 aliphatic rings. The van der Waals surface area contributed by atoms with E-state index in [0.29, 0.717) is 0 Å². The van der Waals surface area contributed by atoms with Gasteiger partial charge in [-0.2, -0.15) is 0 Å². The maximum absolute atomic E-state index is 5.24. The lowest BCUT2D eigenvalue weighted by Crippen LogP contribution is -2.23.